The number of nitrogens with zero attached hydrogens (tertiary/aromatic N) is 1. The van der Waals surface area contributed by atoms with Crippen molar-refractivity contribution in [1.82, 2.24) is 20.5 Å². The molecule has 3 N–H and O–H groups in total. The fourth-order valence-electron chi connectivity index (χ4n) is 1.44. The summed E-state index contributed by atoms with van der Waals surface area (Å²) in [6, 6.07) is 7.21. The maximum Gasteiger partial charge on any atom is 0.342 e. The quantitative estimate of drug-likeness (QED) is 0.705. The second kappa shape index (κ2) is 5.28. The molecular formula is C11H12N4O3. The van der Waals surface area contributed by atoms with E-state index in [0.717, 1.165) is 5.56 Å². The summed E-state index contributed by atoms with van der Waals surface area (Å²) in [5.41, 5.74) is -0.329. The van der Waals surface area contributed by atoms with Gasteiger partial charge in [-0.15, -0.1) is 5.10 Å². The van der Waals surface area contributed by atoms with Crippen LogP contribution in [-0.4, -0.2) is 22.2 Å². The number of nitrogens with one attached hydrogen (secondary N) is 3. The van der Waals surface area contributed by atoms with Crippen molar-refractivity contribution in [3.05, 3.63) is 50.7 Å². The molecule has 2 aromatic rings. The van der Waals surface area contributed by atoms with Gasteiger partial charge in [0.15, 0.2) is 0 Å². The Morgan fingerprint density at radius 2 is 2.22 bits per heavy atom. The third-order valence-electron chi connectivity index (χ3n) is 2.17. The van der Waals surface area contributed by atoms with Crippen LogP contribution < -0.4 is 21.3 Å². The summed E-state index contributed by atoms with van der Waals surface area (Å²) in [6.45, 7) is 0.687. The molecule has 0 bridgehead atoms. The van der Waals surface area contributed by atoms with Crippen molar-refractivity contribution in [2.75, 3.05) is 7.05 Å². The highest BCUT2D eigenvalue weighted by Gasteiger charge is 2.05. The lowest BCUT2D eigenvalue weighted by atomic mass is 10.2. The van der Waals surface area contributed by atoms with Gasteiger partial charge in [0.2, 0.25) is 0 Å². The molecule has 0 aliphatic rings. The lowest BCUT2D eigenvalue weighted by Gasteiger charge is -2.05. The van der Waals surface area contributed by atoms with E-state index >= 15 is 0 Å². The highest BCUT2D eigenvalue weighted by Crippen LogP contribution is 2.17. The SMILES string of the molecule is CNCc1cccc(Oc2n[nH]c(=O)[nH]c2=O)c1. The van der Waals surface area contributed by atoms with E-state index in [2.05, 4.69) is 15.5 Å². The van der Waals surface area contributed by atoms with Gasteiger partial charge in [-0.1, -0.05) is 12.1 Å². The van der Waals surface area contributed by atoms with E-state index in [-0.39, 0.29) is 5.88 Å². The number of benzene rings is 1. The van der Waals surface area contributed by atoms with E-state index in [1.54, 1.807) is 12.1 Å². The highest BCUT2D eigenvalue weighted by atomic mass is 16.5. The normalized spacial score (nSPS) is 10.3. The summed E-state index contributed by atoms with van der Waals surface area (Å²) in [6.07, 6.45) is 0. The first kappa shape index (κ1) is 12.1. The summed E-state index contributed by atoms with van der Waals surface area (Å²) < 4.78 is 5.30. The smallest absolute Gasteiger partial charge is 0.342 e. The zero-order valence-corrected chi connectivity index (χ0v) is 9.69. The number of hydrogen-bond acceptors (Lipinski definition) is 5. The van der Waals surface area contributed by atoms with Gasteiger partial charge in [0.1, 0.15) is 5.75 Å². The van der Waals surface area contributed by atoms with Crippen LogP contribution in [0.25, 0.3) is 0 Å². The first-order valence-corrected chi connectivity index (χ1v) is 5.29. The van der Waals surface area contributed by atoms with Gasteiger partial charge in [-0.25, -0.2) is 9.89 Å². The summed E-state index contributed by atoms with van der Waals surface area (Å²) in [7, 11) is 1.84. The van der Waals surface area contributed by atoms with E-state index in [1.807, 2.05) is 24.2 Å². The molecule has 7 nitrogen and oxygen atoms in total. The number of aromatic amines is 2. The number of rotatable bonds is 4. The van der Waals surface area contributed by atoms with Crippen LogP contribution in [0.15, 0.2) is 33.9 Å². The molecule has 0 amide bonds. The fraction of sp³-hybridized carbons (Fsp3) is 0.182. The van der Waals surface area contributed by atoms with Crippen LogP contribution >= 0.6 is 0 Å². The van der Waals surface area contributed by atoms with Crippen molar-refractivity contribution in [2.24, 2.45) is 0 Å². The van der Waals surface area contributed by atoms with Crippen LogP contribution in [0.5, 0.6) is 11.6 Å². The first-order chi connectivity index (χ1) is 8.69. The molecule has 1 aromatic heterocycles. The zero-order chi connectivity index (χ0) is 13.0. The topological polar surface area (TPSA) is 99.9 Å². The van der Waals surface area contributed by atoms with E-state index in [4.69, 9.17) is 4.74 Å². The molecule has 0 aliphatic carbocycles. The number of hydrogen-bond donors (Lipinski definition) is 3. The minimum absolute atomic E-state index is 0.198. The van der Waals surface area contributed by atoms with E-state index in [1.165, 1.54) is 0 Å². The van der Waals surface area contributed by atoms with Crippen molar-refractivity contribution < 1.29 is 4.74 Å². The van der Waals surface area contributed by atoms with Crippen LogP contribution in [0.4, 0.5) is 0 Å². The molecule has 1 aromatic carbocycles. The Kier molecular flexibility index (Phi) is 3.54. The van der Waals surface area contributed by atoms with Gasteiger partial charge in [-0.05, 0) is 24.7 Å². The summed E-state index contributed by atoms with van der Waals surface area (Å²) in [5, 5.41) is 8.64. The average Bonchev–Trinajstić information content (AvgIpc) is 2.34. The standard InChI is InChI=1S/C11H12N4O3/c1-12-6-7-3-2-4-8(5-7)18-10-9(16)13-11(17)15-14-10/h2-5,12H,6H2,1H3,(H2,13,15,16,17). The van der Waals surface area contributed by atoms with Gasteiger partial charge in [-0.2, -0.15) is 0 Å². The van der Waals surface area contributed by atoms with Crippen LogP contribution in [0.3, 0.4) is 0 Å². The molecular weight excluding hydrogens is 236 g/mol. The molecule has 0 unspecified atom stereocenters. The molecule has 0 atom stereocenters. The monoisotopic (exact) mass is 248 g/mol. The average molecular weight is 248 g/mol. The highest BCUT2D eigenvalue weighted by molar-refractivity contribution is 5.30. The summed E-state index contributed by atoms with van der Waals surface area (Å²) >= 11 is 0. The minimum atomic E-state index is -0.670. The van der Waals surface area contributed by atoms with Crippen molar-refractivity contribution in [3.63, 3.8) is 0 Å². The van der Waals surface area contributed by atoms with Crippen molar-refractivity contribution in [2.45, 2.75) is 6.54 Å². The van der Waals surface area contributed by atoms with E-state index < -0.39 is 11.2 Å². The van der Waals surface area contributed by atoms with Crippen molar-refractivity contribution in [1.29, 1.82) is 0 Å². The lowest BCUT2D eigenvalue weighted by Crippen LogP contribution is -2.24. The molecule has 18 heavy (non-hydrogen) atoms. The predicted molar refractivity (Wildman–Crippen MR) is 64.8 cm³/mol. The number of aromatic nitrogens is 3. The molecule has 0 saturated heterocycles. The second-order valence-corrected chi connectivity index (χ2v) is 3.59. The van der Waals surface area contributed by atoms with Crippen LogP contribution in [0.2, 0.25) is 0 Å². The predicted octanol–water partition coefficient (Wildman–Crippen LogP) is -0.0301. The Hall–Kier alpha value is -2.41. The number of H-pyrrole nitrogens is 2. The maximum atomic E-state index is 11.4. The van der Waals surface area contributed by atoms with Crippen molar-refractivity contribution >= 4 is 0 Å². The third-order valence-corrected chi connectivity index (χ3v) is 2.17. The first-order valence-electron chi connectivity index (χ1n) is 5.29. The molecule has 0 fully saturated rings. The van der Waals surface area contributed by atoms with Gasteiger partial charge < -0.3 is 10.1 Å². The van der Waals surface area contributed by atoms with Gasteiger partial charge in [-0.3, -0.25) is 9.78 Å². The van der Waals surface area contributed by atoms with E-state index in [9.17, 15) is 9.59 Å². The Bertz CT molecular complexity index is 647. The van der Waals surface area contributed by atoms with Gasteiger partial charge in [0.25, 0.3) is 0 Å². The molecule has 2 rings (SSSR count). The largest absolute Gasteiger partial charge is 0.434 e. The summed E-state index contributed by atoms with van der Waals surface area (Å²) in [5.74, 6) is 0.281. The molecule has 0 aliphatic heterocycles. The van der Waals surface area contributed by atoms with Crippen LogP contribution in [-0.2, 0) is 6.54 Å². The van der Waals surface area contributed by atoms with Crippen LogP contribution in [0, 0.1) is 0 Å². The molecule has 0 saturated carbocycles. The molecule has 94 valence electrons. The zero-order valence-electron chi connectivity index (χ0n) is 9.69. The van der Waals surface area contributed by atoms with Gasteiger partial charge in [0, 0.05) is 6.54 Å². The molecule has 7 heteroatoms. The Morgan fingerprint density at radius 1 is 1.39 bits per heavy atom. The van der Waals surface area contributed by atoms with Crippen molar-refractivity contribution in [3.8, 4) is 11.6 Å². The fourth-order valence-corrected chi connectivity index (χ4v) is 1.44. The third kappa shape index (κ3) is 2.83. The Labute approximate surface area is 102 Å². The number of ether oxygens (including phenoxy) is 1. The van der Waals surface area contributed by atoms with Crippen LogP contribution in [0.1, 0.15) is 5.56 Å². The summed E-state index contributed by atoms with van der Waals surface area (Å²) in [4.78, 5) is 24.2. The van der Waals surface area contributed by atoms with E-state index in [0.29, 0.717) is 12.3 Å². The maximum absolute atomic E-state index is 11.4. The Balaban J connectivity index is 2.25. The minimum Gasteiger partial charge on any atom is -0.434 e. The molecule has 1 heterocycles. The molecule has 0 spiro atoms. The lowest BCUT2D eigenvalue weighted by molar-refractivity contribution is 0.442. The molecule has 0 radical (unpaired) electrons. The second-order valence-electron chi connectivity index (χ2n) is 3.59. The Morgan fingerprint density at radius 3 is 2.94 bits per heavy atom. The van der Waals surface area contributed by atoms with Gasteiger partial charge >= 0.3 is 17.1 Å². The van der Waals surface area contributed by atoms with Gasteiger partial charge in [0.05, 0.1) is 0 Å².